The summed E-state index contributed by atoms with van der Waals surface area (Å²) in [5, 5.41) is 18.5. The van der Waals surface area contributed by atoms with Gasteiger partial charge in [-0.1, -0.05) is 27.7 Å². The van der Waals surface area contributed by atoms with Gasteiger partial charge in [0.2, 0.25) is 0 Å². The maximum Gasteiger partial charge on any atom is 0.116 e. The van der Waals surface area contributed by atoms with E-state index in [1.165, 1.54) is 0 Å². The van der Waals surface area contributed by atoms with E-state index in [9.17, 15) is 10.5 Å². The molecule has 0 rings (SSSR count). The van der Waals surface area contributed by atoms with Gasteiger partial charge < -0.3 is 0 Å². The molecule has 2 unspecified atom stereocenters. The largest absolute Gasteiger partial charge is 0.236 e. The van der Waals surface area contributed by atoms with Gasteiger partial charge in [-0.15, -0.1) is 0 Å². The first-order valence-electron chi connectivity index (χ1n) is 6.53. The highest BCUT2D eigenvalue weighted by Gasteiger charge is 2.30. The standard InChI is InChI=1S/C14H26N4/c1-11(2)7-13(5,9-15)17-18-14(6,10-16)8-12(3)4/h11-12,17-18H,7-8H2,1-6H3. The van der Waals surface area contributed by atoms with Crippen molar-refractivity contribution in [1.29, 1.82) is 10.5 Å². The average Bonchev–Trinajstić information content (AvgIpc) is 2.25. The minimum absolute atomic E-state index is 0.419. The average molecular weight is 250 g/mol. The molecule has 0 aromatic heterocycles. The molecule has 2 N–H and O–H groups in total. The molecule has 0 fully saturated rings. The van der Waals surface area contributed by atoms with Crippen molar-refractivity contribution < 1.29 is 0 Å². The molecule has 0 radical (unpaired) electrons. The maximum absolute atomic E-state index is 9.25. The van der Waals surface area contributed by atoms with Gasteiger partial charge in [-0.25, -0.2) is 10.9 Å². The van der Waals surface area contributed by atoms with Gasteiger partial charge in [0.1, 0.15) is 11.1 Å². The summed E-state index contributed by atoms with van der Waals surface area (Å²) >= 11 is 0. The van der Waals surface area contributed by atoms with Crippen LogP contribution in [0.3, 0.4) is 0 Å². The number of hydrogen-bond donors (Lipinski definition) is 2. The maximum atomic E-state index is 9.25. The van der Waals surface area contributed by atoms with Crippen molar-refractivity contribution in [1.82, 2.24) is 10.9 Å². The van der Waals surface area contributed by atoms with Crippen molar-refractivity contribution in [3.63, 3.8) is 0 Å². The molecule has 0 aromatic carbocycles. The molecular weight excluding hydrogens is 224 g/mol. The van der Waals surface area contributed by atoms with Crippen LogP contribution in [-0.4, -0.2) is 11.1 Å². The first-order valence-corrected chi connectivity index (χ1v) is 6.53. The van der Waals surface area contributed by atoms with Crippen molar-refractivity contribution in [2.75, 3.05) is 0 Å². The van der Waals surface area contributed by atoms with Gasteiger partial charge >= 0.3 is 0 Å². The molecule has 0 amide bonds. The van der Waals surface area contributed by atoms with Crippen LogP contribution >= 0.6 is 0 Å². The number of nitrogens with one attached hydrogen (secondary N) is 2. The topological polar surface area (TPSA) is 71.6 Å². The van der Waals surface area contributed by atoms with Crippen LogP contribution in [0.2, 0.25) is 0 Å². The summed E-state index contributed by atoms with van der Waals surface area (Å²) in [6.45, 7) is 12.0. The van der Waals surface area contributed by atoms with Crippen molar-refractivity contribution in [3.05, 3.63) is 0 Å². The first-order chi connectivity index (χ1) is 8.16. The lowest BCUT2D eigenvalue weighted by Crippen LogP contribution is -2.58. The van der Waals surface area contributed by atoms with E-state index in [2.05, 4.69) is 50.7 Å². The summed E-state index contributed by atoms with van der Waals surface area (Å²) in [5.74, 6) is 0.838. The Labute approximate surface area is 111 Å². The third kappa shape index (κ3) is 6.00. The normalized spacial score (nSPS) is 17.9. The van der Waals surface area contributed by atoms with E-state index in [0.29, 0.717) is 11.8 Å². The second kappa shape index (κ2) is 6.73. The molecule has 18 heavy (non-hydrogen) atoms. The van der Waals surface area contributed by atoms with Gasteiger partial charge in [0.05, 0.1) is 12.1 Å². The van der Waals surface area contributed by atoms with Crippen molar-refractivity contribution in [2.45, 2.75) is 65.5 Å². The molecule has 102 valence electrons. The molecule has 0 heterocycles. The van der Waals surface area contributed by atoms with Crippen LogP contribution in [0.4, 0.5) is 0 Å². The van der Waals surface area contributed by atoms with E-state index < -0.39 is 11.1 Å². The van der Waals surface area contributed by atoms with Gasteiger partial charge in [0.25, 0.3) is 0 Å². The quantitative estimate of drug-likeness (QED) is 0.681. The van der Waals surface area contributed by atoms with Crippen molar-refractivity contribution in [3.8, 4) is 12.1 Å². The molecule has 0 spiro atoms. The lowest BCUT2D eigenvalue weighted by atomic mass is 9.91. The molecular formula is C14H26N4. The molecule has 0 aromatic rings. The Balaban J connectivity index is 4.61. The number of nitriles is 2. The molecule has 0 saturated heterocycles. The first kappa shape index (κ1) is 16.9. The fraction of sp³-hybridized carbons (Fsp3) is 0.857. The third-order valence-corrected chi connectivity index (χ3v) is 2.74. The smallest absolute Gasteiger partial charge is 0.116 e. The van der Waals surface area contributed by atoms with E-state index >= 15 is 0 Å². The van der Waals surface area contributed by atoms with Gasteiger partial charge in [-0.2, -0.15) is 10.5 Å². The summed E-state index contributed by atoms with van der Waals surface area (Å²) in [7, 11) is 0. The van der Waals surface area contributed by atoms with Gasteiger partial charge in [0, 0.05) is 0 Å². The highest BCUT2D eigenvalue weighted by molar-refractivity contribution is 5.08. The number of nitrogens with zero attached hydrogens (tertiary/aromatic N) is 2. The Kier molecular flexibility index (Phi) is 6.32. The van der Waals surface area contributed by atoms with Crippen LogP contribution in [0.5, 0.6) is 0 Å². The summed E-state index contributed by atoms with van der Waals surface area (Å²) in [4.78, 5) is 0. The lowest BCUT2D eigenvalue weighted by Gasteiger charge is -2.32. The molecule has 0 bridgehead atoms. The second-order valence-electron chi connectivity index (χ2n) is 6.33. The zero-order chi connectivity index (χ0) is 14.4. The third-order valence-electron chi connectivity index (χ3n) is 2.74. The van der Waals surface area contributed by atoms with Crippen LogP contribution < -0.4 is 10.9 Å². The Bertz CT molecular complexity index is 303. The Morgan fingerprint density at radius 1 is 0.833 bits per heavy atom. The van der Waals surface area contributed by atoms with Gasteiger partial charge in [0.15, 0.2) is 0 Å². The molecule has 4 nitrogen and oxygen atoms in total. The number of hydrazine groups is 1. The number of hydrogen-bond acceptors (Lipinski definition) is 4. The molecule has 4 heteroatoms. The van der Waals surface area contributed by atoms with E-state index in [0.717, 1.165) is 12.8 Å². The van der Waals surface area contributed by atoms with Crippen LogP contribution in [0.15, 0.2) is 0 Å². The predicted molar refractivity (Wildman–Crippen MR) is 73.2 cm³/mol. The minimum Gasteiger partial charge on any atom is -0.236 e. The molecule has 0 aliphatic carbocycles. The SMILES string of the molecule is CC(C)CC(C)(C#N)NNC(C)(C#N)CC(C)C. The lowest BCUT2D eigenvalue weighted by molar-refractivity contribution is 0.247. The molecule has 0 saturated carbocycles. The Morgan fingerprint density at radius 3 is 1.28 bits per heavy atom. The van der Waals surface area contributed by atoms with E-state index in [4.69, 9.17) is 0 Å². The summed E-state index contributed by atoms with van der Waals surface area (Å²) in [6, 6.07) is 4.55. The summed E-state index contributed by atoms with van der Waals surface area (Å²) in [5.41, 5.74) is 4.78. The van der Waals surface area contributed by atoms with E-state index in [1.807, 2.05) is 13.8 Å². The Hall–Kier alpha value is -1.10. The Morgan fingerprint density at radius 2 is 1.11 bits per heavy atom. The van der Waals surface area contributed by atoms with Crippen LogP contribution in [0.25, 0.3) is 0 Å². The molecule has 0 aliphatic rings. The second-order valence-corrected chi connectivity index (χ2v) is 6.33. The van der Waals surface area contributed by atoms with Crippen LogP contribution in [-0.2, 0) is 0 Å². The van der Waals surface area contributed by atoms with E-state index in [-0.39, 0.29) is 0 Å². The van der Waals surface area contributed by atoms with E-state index in [1.54, 1.807) is 0 Å². The zero-order valence-electron chi connectivity index (χ0n) is 12.5. The van der Waals surface area contributed by atoms with Crippen molar-refractivity contribution in [2.24, 2.45) is 11.8 Å². The summed E-state index contributed by atoms with van der Waals surface area (Å²) < 4.78 is 0. The van der Waals surface area contributed by atoms with Gasteiger partial charge in [-0.3, -0.25) is 0 Å². The fourth-order valence-corrected chi connectivity index (χ4v) is 2.16. The minimum atomic E-state index is -0.650. The molecule has 0 aliphatic heterocycles. The zero-order valence-corrected chi connectivity index (χ0v) is 12.5. The highest BCUT2D eigenvalue weighted by atomic mass is 15.4. The summed E-state index contributed by atoms with van der Waals surface area (Å²) in [6.07, 6.45) is 1.47. The highest BCUT2D eigenvalue weighted by Crippen LogP contribution is 2.18. The molecule has 2 atom stereocenters. The van der Waals surface area contributed by atoms with Gasteiger partial charge in [-0.05, 0) is 38.5 Å². The van der Waals surface area contributed by atoms with Crippen LogP contribution in [0, 0.1) is 34.5 Å². The fourth-order valence-electron chi connectivity index (χ4n) is 2.16. The van der Waals surface area contributed by atoms with Crippen molar-refractivity contribution >= 4 is 0 Å². The van der Waals surface area contributed by atoms with Crippen LogP contribution in [0.1, 0.15) is 54.4 Å². The monoisotopic (exact) mass is 250 g/mol. The predicted octanol–water partition coefficient (Wildman–Crippen LogP) is 2.74. The number of rotatable bonds is 7.